The molecule has 0 aliphatic carbocycles. The van der Waals surface area contributed by atoms with Crippen molar-refractivity contribution in [2.75, 3.05) is 26.2 Å². The number of benzene rings is 2. The van der Waals surface area contributed by atoms with E-state index in [0.29, 0.717) is 11.6 Å². The molecule has 0 N–H and O–H groups in total. The van der Waals surface area contributed by atoms with Crippen molar-refractivity contribution >= 4 is 22.5 Å². The molecule has 0 radical (unpaired) electrons. The van der Waals surface area contributed by atoms with Gasteiger partial charge in [-0.3, -0.25) is 0 Å². The molecule has 1 aliphatic heterocycles. The Morgan fingerprint density at radius 3 is 2.65 bits per heavy atom. The van der Waals surface area contributed by atoms with Gasteiger partial charge in [-0.2, -0.15) is 0 Å². The average molecular weight is 369 g/mol. The molecule has 3 nitrogen and oxygen atoms in total. The van der Waals surface area contributed by atoms with E-state index in [-0.39, 0.29) is 0 Å². The van der Waals surface area contributed by atoms with Gasteiger partial charge in [-0.1, -0.05) is 29.8 Å². The fraction of sp³-hybridized carbons (Fsp3) is 0.364. The molecule has 0 spiro atoms. The van der Waals surface area contributed by atoms with Crippen LogP contribution >= 0.6 is 11.6 Å². The van der Waals surface area contributed by atoms with Crippen molar-refractivity contribution in [1.82, 2.24) is 9.47 Å². The topological polar surface area (TPSA) is 17.4 Å². The van der Waals surface area contributed by atoms with E-state index in [0.717, 1.165) is 24.4 Å². The molecule has 136 valence electrons. The van der Waals surface area contributed by atoms with E-state index in [1.165, 1.54) is 42.5 Å². The fourth-order valence-corrected chi connectivity index (χ4v) is 4.09. The van der Waals surface area contributed by atoms with E-state index >= 15 is 0 Å². The minimum absolute atomic E-state index is 0.667. The fourth-order valence-electron chi connectivity index (χ4n) is 3.86. The van der Waals surface area contributed by atoms with E-state index in [9.17, 15) is 0 Å². The van der Waals surface area contributed by atoms with Crippen molar-refractivity contribution in [3.63, 3.8) is 0 Å². The molecular formula is C22H25ClN2O. The molecule has 0 amide bonds. The second kappa shape index (κ2) is 7.73. The lowest BCUT2D eigenvalue weighted by Gasteiger charge is -2.15. The van der Waals surface area contributed by atoms with Gasteiger partial charge in [0, 0.05) is 23.3 Å². The molecule has 4 rings (SSSR count). The summed E-state index contributed by atoms with van der Waals surface area (Å²) in [7, 11) is 0. The third-order valence-electron chi connectivity index (χ3n) is 5.14. The first-order valence-electron chi connectivity index (χ1n) is 9.44. The number of hydrogen-bond donors (Lipinski definition) is 0. The standard InChI is InChI=1S/C22H25ClN2O/c1-17-15-18-7-2-3-8-21(18)25(17)19-9-10-22(20(23)16-19)26-14-6-13-24-11-4-5-12-24/h2-3,7-10,15-16H,4-6,11-14H2,1H3. The Balaban J connectivity index is 1.46. The number of nitrogens with zero attached hydrogens (tertiary/aromatic N) is 2. The maximum Gasteiger partial charge on any atom is 0.138 e. The number of halogens is 1. The predicted molar refractivity (Wildman–Crippen MR) is 109 cm³/mol. The minimum Gasteiger partial charge on any atom is -0.492 e. The number of hydrogen-bond acceptors (Lipinski definition) is 2. The second-order valence-corrected chi connectivity index (χ2v) is 7.45. The summed E-state index contributed by atoms with van der Waals surface area (Å²) in [5, 5.41) is 1.91. The van der Waals surface area contributed by atoms with E-state index in [2.05, 4.69) is 52.8 Å². The summed E-state index contributed by atoms with van der Waals surface area (Å²) in [6, 6.07) is 16.7. The van der Waals surface area contributed by atoms with Crippen molar-refractivity contribution in [2.24, 2.45) is 0 Å². The maximum absolute atomic E-state index is 6.51. The molecule has 3 aromatic rings. The van der Waals surface area contributed by atoms with Gasteiger partial charge in [-0.05, 0) is 69.6 Å². The molecule has 0 saturated carbocycles. The number of likely N-dealkylation sites (tertiary alicyclic amines) is 1. The minimum atomic E-state index is 0.667. The van der Waals surface area contributed by atoms with Crippen LogP contribution in [0.5, 0.6) is 5.75 Å². The first kappa shape index (κ1) is 17.4. The molecule has 1 aromatic heterocycles. The Kier molecular flexibility index (Phi) is 5.18. The molecule has 0 unspecified atom stereocenters. The number of aromatic nitrogens is 1. The van der Waals surface area contributed by atoms with Crippen LogP contribution in [-0.2, 0) is 0 Å². The molecule has 0 bridgehead atoms. The molecule has 0 atom stereocenters. The van der Waals surface area contributed by atoms with E-state index in [1.54, 1.807) is 0 Å². The van der Waals surface area contributed by atoms with Crippen LogP contribution in [0.15, 0.2) is 48.5 Å². The zero-order valence-corrected chi connectivity index (χ0v) is 16.0. The van der Waals surface area contributed by atoms with Crippen molar-refractivity contribution in [1.29, 1.82) is 0 Å². The highest BCUT2D eigenvalue weighted by Gasteiger charge is 2.12. The highest BCUT2D eigenvalue weighted by molar-refractivity contribution is 6.32. The van der Waals surface area contributed by atoms with Crippen LogP contribution in [0.2, 0.25) is 5.02 Å². The summed E-state index contributed by atoms with van der Waals surface area (Å²) < 4.78 is 8.15. The van der Waals surface area contributed by atoms with E-state index in [1.807, 2.05) is 12.1 Å². The zero-order valence-electron chi connectivity index (χ0n) is 15.2. The molecule has 1 aliphatic rings. The Hall–Kier alpha value is -1.97. The summed E-state index contributed by atoms with van der Waals surface area (Å²) in [6.45, 7) is 6.42. The quantitative estimate of drug-likeness (QED) is 0.538. The normalized spacial score (nSPS) is 15.0. The van der Waals surface area contributed by atoms with E-state index < -0.39 is 0 Å². The van der Waals surface area contributed by atoms with Gasteiger partial charge >= 0.3 is 0 Å². The van der Waals surface area contributed by atoms with Crippen molar-refractivity contribution in [2.45, 2.75) is 26.2 Å². The van der Waals surface area contributed by atoms with Gasteiger partial charge in [0.15, 0.2) is 0 Å². The number of fused-ring (bicyclic) bond motifs is 1. The smallest absolute Gasteiger partial charge is 0.138 e. The summed E-state index contributed by atoms with van der Waals surface area (Å²) in [6.07, 6.45) is 3.71. The van der Waals surface area contributed by atoms with E-state index in [4.69, 9.17) is 16.3 Å². The van der Waals surface area contributed by atoms with Crippen LogP contribution in [0, 0.1) is 6.92 Å². The third-order valence-corrected chi connectivity index (χ3v) is 5.44. The number of para-hydroxylation sites is 1. The van der Waals surface area contributed by atoms with Crippen LogP contribution in [-0.4, -0.2) is 35.7 Å². The third kappa shape index (κ3) is 3.60. The van der Waals surface area contributed by atoms with Gasteiger partial charge in [-0.25, -0.2) is 0 Å². The van der Waals surface area contributed by atoms with Crippen LogP contribution in [0.1, 0.15) is 25.0 Å². The summed E-state index contributed by atoms with van der Waals surface area (Å²) in [5.41, 5.74) is 3.46. The van der Waals surface area contributed by atoms with Crippen molar-refractivity contribution in [3.05, 3.63) is 59.2 Å². The number of rotatable bonds is 6. The largest absolute Gasteiger partial charge is 0.492 e. The van der Waals surface area contributed by atoms with Crippen molar-refractivity contribution in [3.8, 4) is 11.4 Å². The maximum atomic E-state index is 6.51. The zero-order chi connectivity index (χ0) is 17.9. The summed E-state index contributed by atoms with van der Waals surface area (Å²) in [5.74, 6) is 0.769. The van der Waals surface area contributed by atoms with Gasteiger partial charge in [0.25, 0.3) is 0 Å². The molecule has 1 fully saturated rings. The Morgan fingerprint density at radius 1 is 1.04 bits per heavy atom. The highest BCUT2D eigenvalue weighted by Crippen LogP contribution is 2.30. The molecule has 2 heterocycles. The van der Waals surface area contributed by atoms with Crippen LogP contribution < -0.4 is 4.74 Å². The number of aryl methyl sites for hydroxylation is 1. The van der Waals surface area contributed by atoms with Crippen LogP contribution in [0.3, 0.4) is 0 Å². The Bertz CT molecular complexity index is 896. The Morgan fingerprint density at radius 2 is 1.85 bits per heavy atom. The molecule has 2 aromatic carbocycles. The lowest BCUT2D eigenvalue weighted by Crippen LogP contribution is -2.21. The van der Waals surface area contributed by atoms with Gasteiger partial charge in [-0.15, -0.1) is 0 Å². The summed E-state index contributed by atoms with van der Waals surface area (Å²) >= 11 is 6.51. The molecule has 26 heavy (non-hydrogen) atoms. The summed E-state index contributed by atoms with van der Waals surface area (Å²) in [4.78, 5) is 2.51. The SMILES string of the molecule is Cc1cc2ccccc2n1-c1ccc(OCCCN2CCCC2)c(Cl)c1. The first-order valence-corrected chi connectivity index (χ1v) is 9.82. The van der Waals surface area contributed by atoms with Crippen LogP contribution in [0.4, 0.5) is 0 Å². The predicted octanol–water partition coefficient (Wildman–Crippen LogP) is 5.46. The van der Waals surface area contributed by atoms with Crippen LogP contribution in [0.25, 0.3) is 16.6 Å². The van der Waals surface area contributed by atoms with Gasteiger partial charge < -0.3 is 14.2 Å². The van der Waals surface area contributed by atoms with Gasteiger partial charge in [0.2, 0.25) is 0 Å². The first-order chi connectivity index (χ1) is 12.7. The Labute approximate surface area is 160 Å². The highest BCUT2D eigenvalue weighted by atomic mass is 35.5. The molecule has 1 saturated heterocycles. The lowest BCUT2D eigenvalue weighted by atomic mass is 10.2. The molecule has 4 heteroatoms. The molecular weight excluding hydrogens is 344 g/mol. The second-order valence-electron chi connectivity index (χ2n) is 7.05. The number of ether oxygens (including phenoxy) is 1. The van der Waals surface area contributed by atoms with Gasteiger partial charge in [0.05, 0.1) is 17.1 Å². The van der Waals surface area contributed by atoms with Crippen molar-refractivity contribution < 1.29 is 4.74 Å². The monoisotopic (exact) mass is 368 g/mol. The average Bonchev–Trinajstić information content (AvgIpc) is 3.26. The van der Waals surface area contributed by atoms with Gasteiger partial charge in [0.1, 0.15) is 5.75 Å². The lowest BCUT2D eigenvalue weighted by molar-refractivity contribution is 0.263.